The number of aromatic nitrogens is 2. The lowest BCUT2D eigenvalue weighted by molar-refractivity contribution is -0.298. The lowest BCUT2D eigenvalue weighted by atomic mass is 9.73. The molecule has 3 atom stereocenters. The highest BCUT2D eigenvalue weighted by Gasteiger charge is 2.46. The van der Waals surface area contributed by atoms with E-state index in [0.717, 1.165) is 24.1 Å². The summed E-state index contributed by atoms with van der Waals surface area (Å²) < 4.78 is 12.0. The van der Waals surface area contributed by atoms with Crippen molar-refractivity contribution >= 4 is 17.5 Å². The van der Waals surface area contributed by atoms with Gasteiger partial charge in [0.25, 0.3) is 0 Å². The van der Waals surface area contributed by atoms with Crippen molar-refractivity contribution in [2.45, 2.75) is 182 Å². The third-order valence-corrected chi connectivity index (χ3v) is 10.8. The van der Waals surface area contributed by atoms with Gasteiger partial charge in [0.1, 0.15) is 6.10 Å². The van der Waals surface area contributed by atoms with Crippen LogP contribution in [0.5, 0.6) is 0 Å². The maximum atomic E-state index is 14.0. The fourth-order valence-corrected chi connectivity index (χ4v) is 7.66. The first-order chi connectivity index (χ1) is 24.1. The van der Waals surface area contributed by atoms with Crippen LogP contribution in [0.3, 0.4) is 0 Å². The zero-order chi connectivity index (χ0) is 37.7. The van der Waals surface area contributed by atoms with Crippen LogP contribution in [0, 0.1) is 16.7 Å². The van der Waals surface area contributed by atoms with E-state index in [9.17, 15) is 19.5 Å². The number of carboxylic acids is 1. The van der Waals surface area contributed by atoms with E-state index < -0.39 is 29.2 Å². The van der Waals surface area contributed by atoms with Crippen LogP contribution >= 0.6 is 0 Å². The highest BCUT2D eigenvalue weighted by molar-refractivity contribution is 6.01. The second-order valence-electron chi connectivity index (χ2n) is 17.4. The molecule has 3 heterocycles. The minimum atomic E-state index is -0.918. The van der Waals surface area contributed by atoms with Crippen molar-refractivity contribution in [3.8, 4) is 0 Å². The highest BCUT2D eigenvalue weighted by Crippen LogP contribution is 2.39. The Hall–Kier alpha value is -2.71. The van der Waals surface area contributed by atoms with Crippen LogP contribution in [0.15, 0.2) is 24.5 Å². The molecule has 2 aromatic rings. The predicted molar refractivity (Wildman–Crippen MR) is 206 cm³/mol. The van der Waals surface area contributed by atoms with E-state index in [0.29, 0.717) is 37.1 Å². The standard InChI is InChI=1S/C43H70N2O6/c1-9-10-11-12-13-14-15-16-17-18-19-20-23-34(41(2,3)4)38(48)32-25-27-44-35(32)24-21-22-31(29-36(46)47)37-33(26-28-45-37)39(49)40-42(5,6)30-50-43(7,8)51-40/h25-28,31,34,40,44-45H,9-24,29-30H2,1-8H3,(H,46,47). The third kappa shape index (κ3) is 13.3. The molecular weight excluding hydrogens is 640 g/mol. The monoisotopic (exact) mass is 711 g/mol. The lowest BCUT2D eigenvalue weighted by Gasteiger charge is -2.45. The summed E-state index contributed by atoms with van der Waals surface area (Å²) >= 11 is 0. The Bertz CT molecular complexity index is 1360. The minimum absolute atomic E-state index is 0.0657. The molecule has 1 fully saturated rings. The Labute approximate surface area is 308 Å². The molecule has 2 aromatic heterocycles. The predicted octanol–water partition coefficient (Wildman–Crippen LogP) is 11.2. The molecule has 1 aliphatic rings. The van der Waals surface area contributed by atoms with E-state index in [1.54, 1.807) is 26.1 Å². The zero-order valence-corrected chi connectivity index (χ0v) is 33.3. The smallest absolute Gasteiger partial charge is 0.304 e. The van der Waals surface area contributed by atoms with Crippen molar-refractivity contribution < 1.29 is 29.0 Å². The van der Waals surface area contributed by atoms with Gasteiger partial charge in [-0.25, -0.2) is 0 Å². The maximum absolute atomic E-state index is 14.0. The van der Waals surface area contributed by atoms with Crippen LogP contribution in [0.1, 0.15) is 196 Å². The molecule has 0 saturated carbocycles. The molecule has 51 heavy (non-hydrogen) atoms. The topological polar surface area (TPSA) is 121 Å². The lowest BCUT2D eigenvalue weighted by Crippen LogP contribution is -2.53. The molecular formula is C43H70N2O6. The number of aryl methyl sites for hydroxylation is 1. The van der Waals surface area contributed by atoms with Crippen LogP contribution in [-0.2, 0) is 20.7 Å². The van der Waals surface area contributed by atoms with Gasteiger partial charge < -0.3 is 24.5 Å². The van der Waals surface area contributed by atoms with Crippen molar-refractivity contribution in [2.75, 3.05) is 6.61 Å². The second-order valence-corrected chi connectivity index (χ2v) is 17.4. The number of hydrogen-bond donors (Lipinski definition) is 3. The van der Waals surface area contributed by atoms with Gasteiger partial charge in [0.15, 0.2) is 17.4 Å². The number of hydrogen-bond acceptors (Lipinski definition) is 5. The Kier molecular flexibility index (Phi) is 16.7. The number of carboxylic acid groups (broad SMARTS) is 1. The van der Waals surface area contributed by atoms with E-state index in [-0.39, 0.29) is 29.3 Å². The molecule has 0 amide bonds. The van der Waals surface area contributed by atoms with Crippen molar-refractivity contribution in [2.24, 2.45) is 16.7 Å². The Morgan fingerprint density at radius 1 is 0.824 bits per heavy atom. The normalized spacial score (nSPS) is 18.4. The summed E-state index contributed by atoms with van der Waals surface area (Å²) in [6, 6.07) is 3.64. The van der Waals surface area contributed by atoms with E-state index in [1.165, 1.54) is 70.6 Å². The highest BCUT2D eigenvalue weighted by atomic mass is 16.7. The van der Waals surface area contributed by atoms with Crippen molar-refractivity contribution in [1.82, 2.24) is 9.97 Å². The van der Waals surface area contributed by atoms with Gasteiger partial charge in [0.05, 0.1) is 13.0 Å². The summed E-state index contributed by atoms with van der Waals surface area (Å²) in [6.45, 7) is 16.6. The number of ether oxygens (including phenoxy) is 2. The fourth-order valence-electron chi connectivity index (χ4n) is 7.66. The number of Topliss-reactive ketones (excluding diaryl/α,β-unsaturated/α-hetero) is 2. The molecule has 0 spiro atoms. The number of carbonyl (C=O) groups excluding carboxylic acids is 2. The molecule has 3 unspecified atom stereocenters. The van der Waals surface area contributed by atoms with Gasteiger partial charge in [-0.2, -0.15) is 0 Å². The minimum Gasteiger partial charge on any atom is -0.481 e. The van der Waals surface area contributed by atoms with Gasteiger partial charge >= 0.3 is 5.97 Å². The second kappa shape index (κ2) is 19.9. The third-order valence-electron chi connectivity index (χ3n) is 10.8. The van der Waals surface area contributed by atoms with Gasteiger partial charge in [0.2, 0.25) is 0 Å². The molecule has 0 bridgehead atoms. The van der Waals surface area contributed by atoms with Crippen LogP contribution in [0.25, 0.3) is 0 Å². The Balaban J connectivity index is 1.58. The van der Waals surface area contributed by atoms with E-state index in [4.69, 9.17) is 9.47 Å². The van der Waals surface area contributed by atoms with Crippen LogP contribution in [-0.4, -0.2) is 51.1 Å². The number of aliphatic carboxylic acids is 1. The van der Waals surface area contributed by atoms with Gasteiger partial charge in [0, 0.05) is 52.2 Å². The van der Waals surface area contributed by atoms with Gasteiger partial charge in [-0.05, 0) is 57.1 Å². The number of nitrogens with one attached hydrogen (secondary N) is 2. The van der Waals surface area contributed by atoms with Crippen LogP contribution in [0.4, 0.5) is 0 Å². The first-order valence-corrected chi connectivity index (χ1v) is 20.0. The number of carbonyl (C=O) groups is 3. The van der Waals surface area contributed by atoms with E-state index in [1.807, 2.05) is 26.1 Å². The average Bonchev–Trinajstić information content (AvgIpc) is 3.73. The quantitative estimate of drug-likeness (QED) is 0.0736. The van der Waals surface area contributed by atoms with E-state index in [2.05, 4.69) is 37.7 Å². The summed E-state index contributed by atoms with van der Waals surface area (Å²) in [5.74, 6) is -2.24. The van der Waals surface area contributed by atoms with Crippen molar-refractivity contribution in [3.05, 3.63) is 47.0 Å². The fraction of sp³-hybridized carbons (Fsp3) is 0.744. The molecule has 0 radical (unpaired) electrons. The SMILES string of the molecule is CCCCCCCCCCCCCCC(C(=O)c1cc[nH]c1CCCC(CC(=O)O)c1[nH]ccc1C(=O)C1OC(C)(C)OCC1(C)C)C(C)(C)C. The maximum Gasteiger partial charge on any atom is 0.304 e. The molecule has 0 aliphatic carbocycles. The summed E-state index contributed by atoms with van der Waals surface area (Å²) in [6.07, 6.45) is 21.0. The van der Waals surface area contributed by atoms with E-state index >= 15 is 0 Å². The van der Waals surface area contributed by atoms with Gasteiger partial charge in [-0.3, -0.25) is 14.4 Å². The molecule has 0 aromatic carbocycles. The zero-order valence-electron chi connectivity index (χ0n) is 33.3. The molecule has 8 nitrogen and oxygen atoms in total. The van der Waals surface area contributed by atoms with Crippen LogP contribution < -0.4 is 0 Å². The first-order valence-electron chi connectivity index (χ1n) is 20.0. The summed E-state index contributed by atoms with van der Waals surface area (Å²) in [7, 11) is 0. The summed E-state index contributed by atoms with van der Waals surface area (Å²) in [5, 5.41) is 9.85. The largest absolute Gasteiger partial charge is 0.481 e. The number of ketones is 2. The Morgan fingerprint density at radius 2 is 1.39 bits per heavy atom. The summed E-state index contributed by atoms with van der Waals surface area (Å²) in [5.41, 5.74) is 2.06. The Morgan fingerprint density at radius 3 is 1.98 bits per heavy atom. The average molecular weight is 711 g/mol. The number of rotatable bonds is 24. The number of aromatic amines is 2. The molecule has 1 aliphatic heterocycles. The molecule has 8 heteroatoms. The number of H-pyrrole nitrogens is 2. The molecule has 1 saturated heterocycles. The number of unbranched alkanes of at least 4 members (excludes halogenated alkanes) is 11. The van der Waals surface area contributed by atoms with Crippen molar-refractivity contribution in [1.29, 1.82) is 0 Å². The molecule has 288 valence electrons. The molecule has 3 N–H and O–H groups in total. The summed E-state index contributed by atoms with van der Waals surface area (Å²) in [4.78, 5) is 46.5. The molecule has 3 rings (SSSR count). The van der Waals surface area contributed by atoms with Crippen LogP contribution in [0.2, 0.25) is 0 Å². The van der Waals surface area contributed by atoms with Gasteiger partial charge in [-0.1, -0.05) is 119 Å². The van der Waals surface area contributed by atoms with Crippen molar-refractivity contribution in [3.63, 3.8) is 0 Å². The first kappa shape index (κ1) is 42.7. The van der Waals surface area contributed by atoms with Gasteiger partial charge in [-0.15, -0.1) is 0 Å².